The lowest BCUT2D eigenvalue weighted by Gasteiger charge is -2.33. The Morgan fingerprint density at radius 3 is 2.67 bits per heavy atom. The molecular weight excluding hydrogens is 262 g/mol. The van der Waals surface area contributed by atoms with Crippen molar-refractivity contribution in [3.05, 3.63) is 35.9 Å². The molecule has 2 fully saturated rings. The number of rotatable bonds is 5. The summed E-state index contributed by atoms with van der Waals surface area (Å²) < 4.78 is 5.48. The standard InChI is InChI=1S/C17H27N3O/c1-18-13-17(15-5-3-2-4-6-15)20-8-7-16(14-20)19-9-11-21-12-10-19/h2-6,16-18H,7-14H2,1H3. The molecule has 2 atom stereocenters. The number of nitrogens with one attached hydrogen (secondary N) is 1. The van der Waals surface area contributed by atoms with Crippen molar-refractivity contribution in [2.75, 3.05) is 53.0 Å². The minimum Gasteiger partial charge on any atom is -0.379 e. The highest BCUT2D eigenvalue weighted by molar-refractivity contribution is 5.20. The maximum absolute atomic E-state index is 5.48. The summed E-state index contributed by atoms with van der Waals surface area (Å²) >= 11 is 0. The molecule has 0 aliphatic carbocycles. The predicted molar refractivity (Wildman–Crippen MR) is 85.5 cm³/mol. The van der Waals surface area contributed by atoms with Crippen molar-refractivity contribution < 1.29 is 4.74 Å². The van der Waals surface area contributed by atoms with Crippen molar-refractivity contribution in [1.82, 2.24) is 15.1 Å². The average molecular weight is 289 g/mol. The summed E-state index contributed by atoms with van der Waals surface area (Å²) in [5.41, 5.74) is 1.43. The van der Waals surface area contributed by atoms with Gasteiger partial charge in [-0.25, -0.2) is 0 Å². The largest absolute Gasteiger partial charge is 0.379 e. The highest BCUT2D eigenvalue weighted by Crippen LogP contribution is 2.27. The summed E-state index contributed by atoms with van der Waals surface area (Å²) in [6, 6.07) is 12.1. The molecule has 2 aliphatic rings. The normalized spacial score (nSPS) is 26.0. The van der Waals surface area contributed by atoms with E-state index in [1.807, 2.05) is 7.05 Å². The van der Waals surface area contributed by atoms with E-state index in [1.165, 1.54) is 25.1 Å². The van der Waals surface area contributed by atoms with Crippen LogP contribution in [0, 0.1) is 0 Å². The fraction of sp³-hybridized carbons (Fsp3) is 0.647. The summed E-state index contributed by atoms with van der Waals surface area (Å²) in [6.07, 6.45) is 1.28. The van der Waals surface area contributed by atoms with E-state index in [-0.39, 0.29) is 0 Å². The van der Waals surface area contributed by atoms with Gasteiger partial charge in [-0.3, -0.25) is 9.80 Å². The second-order valence-electron chi connectivity index (χ2n) is 6.07. The SMILES string of the molecule is CNCC(c1ccccc1)N1CCC(N2CCOCC2)C1. The quantitative estimate of drug-likeness (QED) is 0.886. The first-order valence-corrected chi connectivity index (χ1v) is 8.14. The second kappa shape index (κ2) is 7.36. The van der Waals surface area contributed by atoms with Crippen molar-refractivity contribution in [3.8, 4) is 0 Å². The number of likely N-dealkylation sites (N-methyl/N-ethyl adjacent to an activating group) is 1. The zero-order valence-corrected chi connectivity index (χ0v) is 13.0. The van der Waals surface area contributed by atoms with Gasteiger partial charge in [0.2, 0.25) is 0 Å². The summed E-state index contributed by atoms with van der Waals surface area (Å²) in [7, 11) is 2.05. The van der Waals surface area contributed by atoms with Crippen LogP contribution in [0.4, 0.5) is 0 Å². The summed E-state index contributed by atoms with van der Waals surface area (Å²) in [6.45, 7) is 7.38. The van der Waals surface area contributed by atoms with E-state index >= 15 is 0 Å². The van der Waals surface area contributed by atoms with E-state index in [9.17, 15) is 0 Å². The molecule has 0 amide bonds. The maximum atomic E-state index is 5.48. The van der Waals surface area contributed by atoms with Gasteiger partial charge in [0.1, 0.15) is 0 Å². The Kier molecular flexibility index (Phi) is 5.25. The molecule has 2 unspecified atom stereocenters. The van der Waals surface area contributed by atoms with E-state index in [1.54, 1.807) is 0 Å². The average Bonchev–Trinajstić information content (AvgIpc) is 3.04. The van der Waals surface area contributed by atoms with E-state index in [0.717, 1.165) is 32.8 Å². The van der Waals surface area contributed by atoms with Gasteiger partial charge in [-0.05, 0) is 19.0 Å². The van der Waals surface area contributed by atoms with Crippen LogP contribution in [0.3, 0.4) is 0 Å². The number of likely N-dealkylation sites (tertiary alicyclic amines) is 1. The van der Waals surface area contributed by atoms with Crippen molar-refractivity contribution in [1.29, 1.82) is 0 Å². The van der Waals surface area contributed by atoms with Gasteiger partial charge in [0.25, 0.3) is 0 Å². The highest BCUT2D eigenvalue weighted by atomic mass is 16.5. The minimum absolute atomic E-state index is 0.488. The Morgan fingerprint density at radius 1 is 1.19 bits per heavy atom. The van der Waals surface area contributed by atoms with E-state index in [4.69, 9.17) is 4.74 Å². The molecule has 2 saturated heterocycles. The minimum atomic E-state index is 0.488. The molecule has 1 N–H and O–H groups in total. The van der Waals surface area contributed by atoms with Crippen LogP contribution in [0.15, 0.2) is 30.3 Å². The lowest BCUT2D eigenvalue weighted by molar-refractivity contribution is 0.0176. The number of ether oxygens (including phenoxy) is 1. The highest BCUT2D eigenvalue weighted by Gasteiger charge is 2.32. The molecule has 0 spiro atoms. The number of morpholine rings is 1. The number of hydrogen-bond acceptors (Lipinski definition) is 4. The lowest BCUT2D eigenvalue weighted by atomic mass is 10.1. The number of hydrogen-bond donors (Lipinski definition) is 1. The molecule has 0 bridgehead atoms. The predicted octanol–water partition coefficient (Wildman–Crippen LogP) is 1.35. The molecular formula is C17H27N3O. The maximum Gasteiger partial charge on any atom is 0.0594 e. The molecule has 4 nitrogen and oxygen atoms in total. The van der Waals surface area contributed by atoms with Gasteiger partial charge in [0, 0.05) is 44.8 Å². The molecule has 0 aromatic heterocycles. The van der Waals surface area contributed by atoms with Gasteiger partial charge in [-0.1, -0.05) is 30.3 Å². The van der Waals surface area contributed by atoms with E-state index < -0.39 is 0 Å². The van der Waals surface area contributed by atoms with Crippen molar-refractivity contribution in [2.45, 2.75) is 18.5 Å². The summed E-state index contributed by atoms with van der Waals surface area (Å²) in [4.78, 5) is 5.26. The fourth-order valence-electron chi connectivity index (χ4n) is 3.62. The zero-order valence-electron chi connectivity index (χ0n) is 13.0. The molecule has 3 rings (SSSR count). The Hall–Kier alpha value is -0.940. The molecule has 116 valence electrons. The molecule has 2 aliphatic heterocycles. The van der Waals surface area contributed by atoms with Gasteiger partial charge in [-0.2, -0.15) is 0 Å². The van der Waals surface area contributed by atoms with Gasteiger partial charge in [0.05, 0.1) is 13.2 Å². The molecule has 1 aromatic carbocycles. The monoisotopic (exact) mass is 289 g/mol. The fourth-order valence-corrected chi connectivity index (χ4v) is 3.62. The Bertz CT molecular complexity index is 419. The third kappa shape index (κ3) is 3.64. The molecule has 0 saturated carbocycles. The Labute approximate surface area is 128 Å². The van der Waals surface area contributed by atoms with Crippen molar-refractivity contribution >= 4 is 0 Å². The topological polar surface area (TPSA) is 27.7 Å². The van der Waals surface area contributed by atoms with Crippen LogP contribution in [0.25, 0.3) is 0 Å². The van der Waals surface area contributed by atoms with Crippen molar-refractivity contribution in [3.63, 3.8) is 0 Å². The number of nitrogens with zero attached hydrogens (tertiary/aromatic N) is 2. The van der Waals surface area contributed by atoms with E-state index in [2.05, 4.69) is 45.4 Å². The van der Waals surface area contributed by atoms with Crippen LogP contribution in [0.2, 0.25) is 0 Å². The number of benzene rings is 1. The van der Waals surface area contributed by atoms with Gasteiger partial charge in [0.15, 0.2) is 0 Å². The lowest BCUT2D eigenvalue weighted by Crippen LogP contribution is -2.45. The molecule has 1 aromatic rings. The van der Waals surface area contributed by atoms with Crippen LogP contribution in [0.5, 0.6) is 0 Å². The first-order chi connectivity index (χ1) is 10.4. The zero-order chi connectivity index (χ0) is 14.5. The third-order valence-corrected chi connectivity index (χ3v) is 4.78. The van der Waals surface area contributed by atoms with Gasteiger partial charge < -0.3 is 10.1 Å². The molecule has 21 heavy (non-hydrogen) atoms. The van der Waals surface area contributed by atoms with E-state index in [0.29, 0.717) is 12.1 Å². The summed E-state index contributed by atoms with van der Waals surface area (Å²) in [5, 5.41) is 3.36. The third-order valence-electron chi connectivity index (χ3n) is 4.78. The molecule has 0 radical (unpaired) electrons. The van der Waals surface area contributed by atoms with Crippen LogP contribution in [0.1, 0.15) is 18.0 Å². The van der Waals surface area contributed by atoms with Crippen LogP contribution < -0.4 is 5.32 Å². The van der Waals surface area contributed by atoms with Gasteiger partial charge in [-0.15, -0.1) is 0 Å². The first kappa shape index (κ1) is 15.0. The van der Waals surface area contributed by atoms with Gasteiger partial charge >= 0.3 is 0 Å². The first-order valence-electron chi connectivity index (χ1n) is 8.14. The molecule has 4 heteroatoms. The Balaban J connectivity index is 1.64. The summed E-state index contributed by atoms with van der Waals surface area (Å²) in [5.74, 6) is 0. The van der Waals surface area contributed by atoms with Crippen LogP contribution in [-0.2, 0) is 4.74 Å². The van der Waals surface area contributed by atoms with Crippen LogP contribution >= 0.6 is 0 Å². The van der Waals surface area contributed by atoms with Crippen molar-refractivity contribution in [2.24, 2.45) is 0 Å². The Morgan fingerprint density at radius 2 is 1.95 bits per heavy atom. The molecule has 2 heterocycles. The van der Waals surface area contributed by atoms with Crippen LogP contribution in [-0.4, -0.2) is 68.8 Å². The smallest absolute Gasteiger partial charge is 0.0594 e. The second-order valence-corrected chi connectivity index (χ2v) is 6.07.